The summed E-state index contributed by atoms with van der Waals surface area (Å²) in [5.74, 6) is 0. The van der Waals surface area contributed by atoms with Crippen LogP contribution in [0.1, 0.15) is 31.0 Å². The second-order valence-electron chi connectivity index (χ2n) is 3.97. The van der Waals surface area contributed by atoms with Crippen LogP contribution in [-0.4, -0.2) is 0 Å². The molecule has 2 aromatic rings. The summed E-state index contributed by atoms with van der Waals surface area (Å²) in [6, 6.07) is 11.2. The first-order valence-electron chi connectivity index (χ1n) is 5.67. The number of nitrogens with one attached hydrogen (secondary N) is 1. The number of thiophene rings is 1. The van der Waals surface area contributed by atoms with Gasteiger partial charge in [0.15, 0.2) is 0 Å². The second-order valence-corrected chi connectivity index (χ2v) is 4.75. The van der Waals surface area contributed by atoms with E-state index in [1.165, 1.54) is 16.8 Å². The summed E-state index contributed by atoms with van der Waals surface area (Å²) < 4.78 is 0. The maximum Gasteiger partial charge on any atom is 0.0493 e. The molecule has 0 saturated carbocycles. The summed E-state index contributed by atoms with van der Waals surface area (Å²) in [7, 11) is 0. The van der Waals surface area contributed by atoms with Crippen LogP contribution < -0.4 is 5.32 Å². The van der Waals surface area contributed by atoms with Crippen LogP contribution in [0.5, 0.6) is 0 Å². The molecule has 1 aromatic carbocycles. The third kappa shape index (κ3) is 2.64. The van der Waals surface area contributed by atoms with Crippen molar-refractivity contribution in [2.24, 2.45) is 0 Å². The van der Waals surface area contributed by atoms with E-state index < -0.39 is 0 Å². The van der Waals surface area contributed by atoms with Gasteiger partial charge in [0.25, 0.3) is 0 Å². The first kappa shape index (κ1) is 11.2. The van der Waals surface area contributed by atoms with E-state index in [-0.39, 0.29) is 0 Å². The molecule has 1 heterocycles. The minimum absolute atomic E-state index is 0.374. The number of hydrogen-bond donors (Lipinski definition) is 1. The lowest BCUT2D eigenvalue weighted by molar-refractivity contribution is 0.890. The van der Waals surface area contributed by atoms with E-state index in [1.807, 2.05) is 0 Å². The number of benzene rings is 1. The van der Waals surface area contributed by atoms with Crippen LogP contribution in [0.25, 0.3) is 0 Å². The Morgan fingerprint density at radius 1 is 1.19 bits per heavy atom. The molecule has 0 radical (unpaired) electrons. The highest BCUT2D eigenvalue weighted by Crippen LogP contribution is 2.21. The third-order valence-corrected chi connectivity index (χ3v) is 3.49. The SMILES string of the molecule is CCc1ccc(NC(C)c2ccsc2)cc1. The average Bonchev–Trinajstić information content (AvgIpc) is 2.83. The Morgan fingerprint density at radius 3 is 2.50 bits per heavy atom. The van der Waals surface area contributed by atoms with E-state index in [9.17, 15) is 0 Å². The number of rotatable bonds is 4. The van der Waals surface area contributed by atoms with Gasteiger partial charge in [-0.05, 0) is 53.4 Å². The van der Waals surface area contributed by atoms with Gasteiger partial charge in [-0.3, -0.25) is 0 Å². The Hall–Kier alpha value is -1.28. The zero-order valence-electron chi connectivity index (χ0n) is 9.73. The summed E-state index contributed by atoms with van der Waals surface area (Å²) in [4.78, 5) is 0. The summed E-state index contributed by atoms with van der Waals surface area (Å²) in [5, 5.41) is 7.81. The summed E-state index contributed by atoms with van der Waals surface area (Å²) in [5.41, 5.74) is 3.93. The monoisotopic (exact) mass is 231 g/mol. The highest BCUT2D eigenvalue weighted by Gasteiger charge is 2.04. The summed E-state index contributed by atoms with van der Waals surface area (Å²) in [6.07, 6.45) is 1.10. The molecule has 1 nitrogen and oxygen atoms in total. The molecule has 1 unspecified atom stereocenters. The molecule has 0 saturated heterocycles. The fourth-order valence-electron chi connectivity index (χ4n) is 1.69. The topological polar surface area (TPSA) is 12.0 Å². The average molecular weight is 231 g/mol. The molecule has 1 aromatic heterocycles. The van der Waals surface area contributed by atoms with E-state index in [2.05, 4.69) is 60.3 Å². The van der Waals surface area contributed by atoms with Crippen molar-refractivity contribution in [2.45, 2.75) is 26.3 Å². The molecule has 0 spiro atoms. The predicted molar refractivity (Wildman–Crippen MR) is 72.2 cm³/mol. The quantitative estimate of drug-likeness (QED) is 0.818. The normalized spacial score (nSPS) is 12.4. The second kappa shape index (κ2) is 5.17. The van der Waals surface area contributed by atoms with Crippen molar-refractivity contribution in [1.82, 2.24) is 0 Å². The van der Waals surface area contributed by atoms with Crippen molar-refractivity contribution in [2.75, 3.05) is 5.32 Å². The van der Waals surface area contributed by atoms with Crippen LogP contribution in [-0.2, 0) is 6.42 Å². The molecule has 0 aliphatic heterocycles. The smallest absolute Gasteiger partial charge is 0.0493 e. The minimum atomic E-state index is 0.374. The fraction of sp³-hybridized carbons (Fsp3) is 0.286. The molecular weight excluding hydrogens is 214 g/mol. The summed E-state index contributed by atoms with van der Waals surface area (Å²) in [6.45, 7) is 4.37. The number of aryl methyl sites for hydroxylation is 1. The zero-order chi connectivity index (χ0) is 11.4. The van der Waals surface area contributed by atoms with E-state index in [1.54, 1.807) is 11.3 Å². The van der Waals surface area contributed by atoms with Crippen molar-refractivity contribution in [3.63, 3.8) is 0 Å². The highest BCUT2D eigenvalue weighted by atomic mass is 32.1. The Morgan fingerprint density at radius 2 is 1.94 bits per heavy atom. The first-order valence-corrected chi connectivity index (χ1v) is 6.61. The van der Waals surface area contributed by atoms with Crippen LogP contribution in [0.3, 0.4) is 0 Å². The van der Waals surface area contributed by atoms with Crippen molar-refractivity contribution in [1.29, 1.82) is 0 Å². The predicted octanol–water partition coefficient (Wildman–Crippen LogP) is 4.48. The van der Waals surface area contributed by atoms with Gasteiger partial charge in [-0.15, -0.1) is 0 Å². The van der Waals surface area contributed by atoms with Crippen LogP contribution in [0.15, 0.2) is 41.1 Å². The molecule has 0 fully saturated rings. The van der Waals surface area contributed by atoms with Gasteiger partial charge in [-0.1, -0.05) is 19.1 Å². The molecule has 1 N–H and O–H groups in total. The van der Waals surface area contributed by atoms with E-state index in [0.717, 1.165) is 6.42 Å². The van der Waals surface area contributed by atoms with Crippen LogP contribution in [0.4, 0.5) is 5.69 Å². The first-order chi connectivity index (χ1) is 7.79. The van der Waals surface area contributed by atoms with Gasteiger partial charge in [0, 0.05) is 11.7 Å². The molecule has 2 rings (SSSR count). The van der Waals surface area contributed by atoms with E-state index in [0.29, 0.717) is 6.04 Å². The lowest BCUT2D eigenvalue weighted by atomic mass is 10.1. The van der Waals surface area contributed by atoms with Gasteiger partial charge in [0.05, 0.1) is 0 Å². The maximum atomic E-state index is 3.50. The maximum absolute atomic E-state index is 3.50. The minimum Gasteiger partial charge on any atom is -0.378 e. The largest absolute Gasteiger partial charge is 0.378 e. The molecule has 84 valence electrons. The van der Waals surface area contributed by atoms with Crippen molar-refractivity contribution < 1.29 is 0 Å². The van der Waals surface area contributed by atoms with Gasteiger partial charge in [0.1, 0.15) is 0 Å². The van der Waals surface area contributed by atoms with Crippen molar-refractivity contribution in [3.05, 3.63) is 52.2 Å². The fourth-order valence-corrected chi connectivity index (χ4v) is 2.45. The van der Waals surface area contributed by atoms with Gasteiger partial charge in [-0.2, -0.15) is 11.3 Å². The number of anilines is 1. The van der Waals surface area contributed by atoms with Crippen molar-refractivity contribution >= 4 is 17.0 Å². The van der Waals surface area contributed by atoms with Gasteiger partial charge in [0.2, 0.25) is 0 Å². The highest BCUT2D eigenvalue weighted by molar-refractivity contribution is 7.07. The molecule has 0 aliphatic rings. The zero-order valence-corrected chi connectivity index (χ0v) is 10.6. The number of hydrogen-bond acceptors (Lipinski definition) is 2. The Labute approximate surface area is 101 Å². The molecule has 16 heavy (non-hydrogen) atoms. The Bertz CT molecular complexity index is 417. The summed E-state index contributed by atoms with van der Waals surface area (Å²) >= 11 is 1.74. The molecule has 0 amide bonds. The lowest BCUT2D eigenvalue weighted by Gasteiger charge is -2.14. The molecular formula is C14H17NS. The van der Waals surface area contributed by atoms with Crippen LogP contribution in [0, 0.1) is 0 Å². The van der Waals surface area contributed by atoms with E-state index in [4.69, 9.17) is 0 Å². The Balaban J connectivity index is 2.03. The standard InChI is InChI=1S/C14H17NS/c1-3-12-4-6-14(7-5-12)15-11(2)13-8-9-16-10-13/h4-11,15H,3H2,1-2H3. The molecule has 2 heteroatoms. The van der Waals surface area contributed by atoms with Crippen LogP contribution in [0.2, 0.25) is 0 Å². The van der Waals surface area contributed by atoms with E-state index >= 15 is 0 Å². The van der Waals surface area contributed by atoms with Gasteiger partial charge >= 0.3 is 0 Å². The lowest BCUT2D eigenvalue weighted by Crippen LogP contribution is -2.05. The molecule has 0 aliphatic carbocycles. The van der Waals surface area contributed by atoms with Gasteiger partial charge in [-0.25, -0.2) is 0 Å². The molecule has 1 atom stereocenters. The van der Waals surface area contributed by atoms with Crippen molar-refractivity contribution in [3.8, 4) is 0 Å². The third-order valence-electron chi connectivity index (χ3n) is 2.79. The van der Waals surface area contributed by atoms with Crippen LogP contribution >= 0.6 is 11.3 Å². The Kier molecular flexibility index (Phi) is 3.62. The molecule has 0 bridgehead atoms. The van der Waals surface area contributed by atoms with Gasteiger partial charge < -0.3 is 5.32 Å².